The zero-order valence-electron chi connectivity index (χ0n) is 12.7. The summed E-state index contributed by atoms with van der Waals surface area (Å²) < 4.78 is 28.2. The molecule has 0 amide bonds. The van der Waals surface area contributed by atoms with Gasteiger partial charge in [0.05, 0.1) is 10.9 Å². The van der Waals surface area contributed by atoms with Crippen molar-refractivity contribution in [2.75, 3.05) is 13.1 Å². The molecule has 0 aliphatic heterocycles. The molecule has 1 aliphatic carbocycles. The summed E-state index contributed by atoms with van der Waals surface area (Å²) in [6.07, 6.45) is 6.42. The number of imidazole rings is 1. The average Bonchev–Trinajstić information content (AvgIpc) is 3.27. The van der Waals surface area contributed by atoms with E-state index in [1.165, 1.54) is 0 Å². The first kappa shape index (κ1) is 15.5. The highest BCUT2D eigenvalue weighted by Gasteiger charge is 2.35. The lowest BCUT2D eigenvalue weighted by Gasteiger charge is -2.14. The molecule has 0 bridgehead atoms. The highest BCUT2D eigenvalue weighted by atomic mass is 32.2. The van der Waals surface area contributed by atoms with Crippen LogP contribution in [0.3, 0.4) is 0 Å². The second-order valence-corrected chi connectivity index (χ2v) is 7.94. The molecule has 7 heteroatoms. The topological polar surface area (TPSA) is 75.5 Å². The maximum Gasteiger partial charge on any atom is 0.214 e. The Morgan fingerprint density at radius 1 is 1.41 bits per heavy atom. The van der Waals surface area contributed by atoms with Crippen molar-refractivity contribution in [3.05, 3.63) is 36.3 Å². The predicted molar refractivity (Wildman–Crippen MR) is 86.3 cm³/mol. The molecule has 2 N–H and O–H groups in total. The van der Waals surface area contributed by atoms with E-state index in [4.69, 9.17) is 0 Å². The van der Waals surface area contributed by atoms with E-state index < -0.39 is 10.0 Å². The van der Waals surface area contributed by atoms with E-state index in [9.17, 15) is 8.42 Å². The van der Waals surface area contributed by atoms with Gasteiger partial charge in [-0.15, -0.1) is 0 Å². The Kier molecular flexibility index (Phi) is 4.46. The second-order valence-electron chi connectivity index (χ2n) is 5.90. The molecule has 22 heavy (non-hydrogen) atoms. The summed E-state index contributed by atoms with van der Waals surface area (Å²) in [4.78, 5) is 4.54. The molecule has 2 heterocycles. The quantitative estimate of drug-likeness (QED) is 0.758. The normalized spacial score (nSPS) is 17.0. The lowest BCUT2D eigenvalue weighted by atomic mass is 10.3. The van der Waals surface area contributed by atoms with Crippen molar-refractivity contribution in [2.24, 2.45) is 0 Å². The lowest BCUT2D eigenvalue weighted by Crippen LogP contribution is -2.40. The molecule has 2 aromatic heterocycles. The minimum Gasteiger partial charge on any atom is -0.313 e. The van der Waals surface area contributed by atoms with Crippen LogP contribution < -0.4 is 10.0 Å². The molecule has 1 atom stereocenters. The van der Waals surface area contributed by atoms with Gasteiger partial charge in [-0.2, -0.15) is 0 Å². The molecule has 3 rings (SSSR count). The van der Waals surface area contributed by atoms with Crippen molar-refractivity contribution in [1.82, 2.24) is 19.4 Å². The fraction of sp³-hybridized carbons (Fsp3) is 0.533. The van der Waals surface area contributed by atoms with Gasteiger partial charge in [0.25, 0.3) is 0 Å². The van der Waals surface area contributed by atoms with E-state index >= 15 is 0 Å². The summed E-state index contributed by atoms with van der Waals surface area (Å²) in [6.45, 7) is 3.19. The number of rotatable bonds is 8. The van der Waals surface area contributed by atoms with Crippen LogP contribution in [-0.4, -0.2) is 42.2 Å². The van der Waals surface area contributed by atoms with Crippen molar-refractivity contribution in [3.63, 3.8) is 0 Å². The zero-order chi connectivity index (χ0) is 15.6. The van der Waals surface area contributed by atoms with Crippen LogP contribution in [0.5, 0.6) is 0 Å². The fourth-order valence-corrected chi connectivity index (χ4v) is 3.84. The van der Waals surface area contributed by atoms with Crippen LogP contribution in [0, 0.1) is 0 Å². The minimum atomic E-state index is -3.08. The third kappa shape index (κ3) is 3.85. The average molecular weight is 322 g/mol. The van der Waals surface area contributed by atoms with Gasteiger partial charge in [0.2, 0.25) is 10.0 Å². The Labute approximate surface area is 131 Å². The molecule has 0 spiro atoms. The van der Waals surface area contributed by atoms with Crippen molar-refractivity contribution in [3.8, 4) is 0 Å². The Balaban J connectivity index is 1.42. The van der Waals surface area contributed by atoms with Crippen LogP contribution in [0.1, 0.15) is 25.5 Å². The number of pyridine rings is 1. The van der Waals surface area contributed by atoms with Crippen LogP contribution >= 0.6 is 0 Å². The number of aromatic nitrogens is 2. The fourth-order valence-electron chi connectivity index (χ4n) is 2.36. The number of nitrogens with one attached hydrogen (secondary N) is 2. The van der Waals surface area contributed by atoms with Gasteiger partial charge in [0, 0.05) is 37.9 Å². The molecule has 1 fully saturated rings. The Hall–Kier alpha value is -1.44. The molecule has 120 valence electrons. The van der Waals surface area contributed by atoms with Gasteiger partial charge < -0.3 is 9.72 Å². The summed E-state index contributed by atoms with van der Waals surface area (Å²) >= 11 is 0. The standard InChI is InChI=1S/C15H22N4O2S/c1-12(10-17-22(20,21)14-5-6-14)16-8-7-13-11-19-9-3-2-4-15(19)18-13/h2-4,9,11-12,14,16-17H,5-8,10H2,1H3/t12-/m0/s1. The molecule has 0 aromatic carbocycles. The molecule has 6 nitrogen and oxygen atoms in total. The van der Waals surface area contributed by atoms with Gasteiger partial charge in [-0.1, -0.05) is 6.07 Å². The number of nitrogens with zero attached hydrogens (tertiary/aromatic N) is 2. The first-order valence-corrected chi connectivity index (χ1v) is 9.24. The van der Waals surface area contributed by atoms with Gasteiger partial charge in [-0.05, 0) is 31.9 Å². The minimum absolute atomic E-state index is 0.102. The monoisotopic (exact) mass is 322 g/mol. The van der Waals surface area contributed by atoms with Gasteiger partial charge >= 0.3 is 0 Å². The van der Waals surface area contributed by atoms with Gasteiger partial charge in [-0.25, -0.2) is 18.1 Å². The molecular weight excluding hydrogens is 300 g/mol. The Bertz CT molecular complexity index is 704. The lowest BCUT2D eigenvalue weighted by molar-refractivity contribution is 0.525. The van der Waals surface area contributed by atoms with Crippen LogP contribution in [-0.2, 0) is 16.4 Å². The molecule has 0 radical (unpaired) electrons. The van der Waals surface area contributed by atoms with Crippen LogP contribution in [0.2, 0.25) is 0 Å². The maximum absolute atomic E-state index is 11.7. The van der Waals surface area contributed by atoms with Gasteiger partial charge in [0.15, 0.2) is 0 Å². The first-order chi connectivity index (χ1) is 10.5. The third-order valence-corrected chi connectivity index (χ3v) is 5.76. The molecular formula is C15H22N4O2S. The van der Waals surface area contributed by atoms with Crippen LogP contribution in [0.4, 0.5) is 0 Å². The first-order valence-electron chi connectivity index (χ1n) is 7.69. The van der Waals surface area contributed by atoms with E-state index in [1.54, 1.807) is 0 Å². The van der Waals surface area contributed by atoms with Crippen molar-refractivity contribution in [1.29, 1.82) is 0 Å². The smallest absolute Gasteiger partial charge is 0.214 e. The van der Waals surface area contributed by atoms with Crippen molar-refractivity contribution >= 4 is 15.7 Å². The van der Waals surface area contributed by atoms with E-state index in [0.29, 0.717) is 6.54 Å². The maximum atomic E-state index is 11.7. The third-order valence-electron chi connectivity index (χ3n) is 3.84. The summed E-state index contributed by atoms with van der Waals surface area (Å²) in [5, 5.41) is 3.18. The molecule has 2 aromatic rings. The molecule has 0 unspecified atom stereocenters. The SMILES string of the molecule is C[C@@H](CNS(=O)(=O)C1CC1)NCCc1cn2ccccc2n1. The number of sulfonamides is 1. The summed E-state index contributed by atoms with van der Waals surface area (Å²) in [5.41, 5.74) is 1.98. The van der Waals surface area contributed by atoms with Crippen molar-refractivity contribution < 1.29 is 8.42 Å². The van der Waals surface area contributed by atoms with Crippen LogP contribution in [0.25, 0.3) is 5.65 Å². The van der Waals surface area contributed by atoms with E-state index in [0.717, 1.165) is 37.1 Å². The largest absolute Gasteiger partial charge is 0.313 e. The van der Waals surface area contributed by atoms with E-state index in [-0.39, 0.29) is 11.3 Å². The number of fused-ring (bicyclic) bond motifs is 1. The van der Waals surface area contributed by atoms with Crippen LogP contribution in [0.15, 0.2) is 30.6 Å². The van der Waals surface area contributed by atoms with Gasteiger partial charge in [0.1, 0.15) is 5.65 Å². The summed E-state index contributed by atoms with van der Waals surface area (Å²) in [5.74, 6) is 0. The highest BCUT2D eigenvalue weighted by molar-refractivity contribution is 7.90. The highest BCUT2D eigenvalue weighted by Crippen LogP contribution is 2.27. The predicted octanol–water partition coefficient (Wildman–Crippen LogP) is 0.937. The molecule has 1 saturated carbocycles. The molecule has 0 saturated heterocycles. The summed E-state index contributed by atoms with van der Waals surface area (Å²) in [6, 6.07) is 6.03. The Morgan fingerprint density at radius 3 is 2.95 bits per heavy atom. The zero-order valence-corrected chi connectivity index (χ0v) is 13.5. The molecule has 1 aliphatic rings. The van der Waals surface area contributed by atoms with E-state index in [1.807, 2.05) is 41.9 Å². The number of hydrogen-bond donors (Lipinski definition) is 2. The van der Waals surface area contributed by atoms with E-state index in [2.05, 4.69) is 15.0 Å². The Morgan fingerprint density at radius 2 is 2.23 bits per heavy atom. The van der Waals surface area contributed by atoms with Crippen molar-refractivity contribution in [2.45, 2.75) is 37.5 Å². The van der Waals surface area contributed by atoms with Gasteiger partial charge in [-0.3, -0.25) is 0 Å². The summed E-state index contributed by atoms with van der Waals surface area (Å²) in [7, 11) is -3.08. The number of hydrogen-bond acceptors (Lipinski definition) is 4. The second kappa shape index (κ2) is 6.36.